The number of nitrogens with zero attached hydrogens (tertiary/aromatic N) is 1. The lowest BCUT2D eigenvalue weighted by atomic mass is 10.2. The molecule has 2 amide bonds. The molecule has 1 atom stereocenters. The van der Waals surface area contributed by atoms with Crippen LogP contribution in [0.3, 0.4) is 0 Å². The molecule has 6 nitrogen and oxygen atoms in total. The van der Waals surface area contributed by atoms with Crippen molar-refractivity contribution in [1.29, 1.82) is 0 Å². The normalized spacial score (nSPS) is 23.5. The fraction of sp³-hybridized carbons (Fsp3) is 0.278. The van der Waals surface area contributed by atoms with E-state index in [2.05, 4.69) is 5.32 Å². The number of hydrogen-bond donors (Lipinski definition) is 1. The van der Waals surface area contributed by atoms with Crippen molar-refractivity contribution < 1.29 is 18.0 Å². The zero-order valence-electron chi connectivity index (χ0n) is 14.3. The molecule has 0 radical (unpaired) electrons. The van der Waals surface area contributed by atoms with Crippen LogP contribution in [0.2, 0.25) is 0 Å². The summed E-state index contributed by atoms with van der Waals surface area (Å²) >= 11 is 6.35. The monoisotopic (exact) mass is 422 g/mol. The Morgan fingerprint density at radius 1 is 1.33 bits per heavy atom. The second-order valence-electron chi connectivity index (χ2n) is 6.23. The Morgan fingerprint density at radius 2 is 2.07 bits per heavy atom. The van der Waals surface area contributed by atoms with Gasteiger partial charge in [-0.05, 0) is 18.1 Å². The van der Waals surface area contributed by atoms with Gasteiger partial charge < -0.3 is 5.32 Å². The summed E-state index contributed by atoms with van der Waals surface area (Å²) in [6.07, 6.45) is 5.72. The SMILES string of the molecule is O=C(CN1C(=O)/C(=C\C=C\c2ccccc2)SC1=S)NC1CCS(=O)(=O)C1. The highest BCUT2D eigenvalue weighted by molar-refractivity contribution is 8.26. The van der Waals surface area contributed by atoms with E-state index < -0.39 is 21.8 Å². The first-order valence-corrected chi connectivity index (χ1v) is 11.4. The van der Waals surface area contributed by atoms with Crippen molar-refractivity contribution in [3.05, 3.63) is 53.0 Å². The van der Waals surface area contributed by atoms with E-state index >= 15 is 0 Å². The number of allylic oxidation sites excluding steroid dienone is 2. The number of carbonyl (C=O) groups is 2. The van der Waals surface area contributed by atoms with Gasteiger partial charge in [-0.2, -0.15) is 0 Å². The minimum Gasteiger partial charge on any atom is -0.351 e. The fourth-order valence-corrected chi connectivity index (χ4v) is 5.67. The average Bonchev–Trinajstić information content (AvgIpc) is 3.09. The van der Waals surface area contributed by atoms with Crippen molar-refractivity contribution in [3.63, 3.8) is 0 Å². The molecule has 0 aromatic heterocycles. The zero-order valence-corrected chi connectivity index (χ0v) is 16.8. The van der Waals surface area contributed by atoms with Crippen LogP contribution in [0.25, 0.3) is 6.08 Å². The third-order valence-corrected chi connectivity index (χ3v) is 7.27. The molecule has 1 aromatic rings. The van der Waals surface area contributed by atoms with Crippen molar-refractivity contribution in [2.24, 2.45) is 0 Å². The maximum atomic E-state index is 12.5. The lowest BCUT2D eigenvalue weighted by Gasteiger charge is -2.16. The van der Waals surface area contributed by atoms with E-state index in [1.54, 1.807) is 12.2 Å². The van der Waals surface area contributed by atoms with Gasteiger partial charge in [0.2, 0.25) is 5.91 Å². The standard InChI is InChI=1S/C18H18N2O4S3/c21-16(19-14-9-10-27(23,24)12-14)11-20-17(22)15(26-18(20)25)8-4-7-13-5-2-1-3-6-13/h1-8,14H,9-12H2,(H,19,21)/b7-4+,15-8+. The van der Waals surface area contributed by atoms with E-state index in [-0.39, 0.29) is 24.0 Å². The summed E-state index contributed by atoms with van der Waals surface area (Å²) < 4.78 is 23.2. The second-order valence-corrected chi connectivity index (χ2v) is 10.1. The first kappa shape index (κ1) is 19.8. The Morgan fingerprint density at radius 3 is 2.74 bits per heavy atom. The molecule has 0 spiro atoms. The van der Waals surface area contributed by atoms with Crippen LogP contribution in [0.5, 0.6) is 0 Å². The smallest absolute Gasteiger partial charge is 0.266 e. The summed E-state index contributed by atoms with van der Waals surface area (Å²) in [7, 11) is -3.07. The molecule has 2 saturated heterocycles. The van der Waals surface area contributed by atoms with Crippen LogP contribution in [-0.2, 0) is 19.4 Å². The van der Waals surface area contributed by atoms with Gasteiger partial charge in [-0.25, -0.2) is 8.42 Å². The number of amides is 2. The first-order chi connectivity index (χ1) is 12.8. The summed E-state index contributed by atoms with van der Waals surface area (Å²) in [5.41, 5.74) is 1.01. The minimum atomic E-state index is -3.07. The number of hydrogen-bond acceptors (Lipinski definition) is 6. The van der Waals surface area contributed by atoms with Crippen LogP contribution in [0.15, 0.2) is 47.4 Å². The second kappa shape index (κ2) is 8.37. The van der Waals surface area contributed by atoms with E-state index in [4.69, 9.17) is 12.2 Å². The molecule has 3 rings (SSSR count). The van der Waals surface area contributed by atoms with Crippen LogP contribution in [-0.4, -0.2) is 53.5 Å². The third kappa shape index (κ3) is 5.27. The van der Waals surface area contributed by atoms with Gasteiger partial charge in [-0.15, -0.1) is 0 Å². The molecule has 0 saturated carbocycles. The van der Waals surface area contributed by atoms with Gasteiger partial charge in [0, 0.05) is 6.04 Å². The highest BCUT2D eigenvalue weighted by Crippen LogP contribution is 2.30. The number of thioether (sulfide) groups is 1. The lowest BCUT2D eigenvalue weighted by molar-refractivity contribution is -0.129. The van der Waals surface area contributed by atoms with Crippen LogP contribution >= 0.6 is 24.0 Å². The highest BCUT2D eigenvalue weighted by Gasteiger charge is 2.34. The Balaban J connectivity index is 1.58. The number of rotatable bonds is 5. The Labute approximate surface area is 167 Å². The zero-order chi connectivity index (χ0) is 19.4. The predicted molar refractivity (Wildman–Crippen MR) is 111 cm³/mol. The van der Waals surface area contributed by atoms with E-state index in [1.165, 1.54) is 4.90 Å². The Hall–Kier alpha value is -1.97. The van der Waals surface area contributed by atoms with Crippen molar-refractivity contribution in [3.8, 4) is 0 Å². The molecule has 0 bridgehead atoms. The van der Waals surface area contributed by atoms with Crippen LogP contribution in [0.1, 0.15) is 12.0 Å². The molecule has 142 valence electrons. The molecular formula is C18H18N2O4S3. The van der Waals surface area contributed by atoms with Crippen LogP contribution in [0.4, 0.5) is 0 Å². The predicted octanol–water partition coefficient (Wildman–Crippen LogP) is 1.75. The molecular weight excluding hydrogens is 404 g/mol. The summed E-state index contributed by atoms with van der Waals surface area (Å²) in [6, 6.07) is 9.27. The van der Waals surface area contributed by atoms with Crippen molar-refractivity contribution >= 4 is 56.0 Å². The van der Waals surface area contributed by atoms with Crippen LogP contribution < -0.4 is 5.32 Å². The van der Waals surface area contributed by atoms with E-state index in [9.17, 15) is 18.0 Å². The summed E-state index contributed by atoms with van der Waals surface area (Å²) in [5.74, 6) is -0.706. The topological polar surface area (TPSA) is 83.6 Å². The Bertz CT molecular complexity index is 923. The molecule has 27 heavy (non-hydrogen) atoms. The van der Waals surface area contributed by atoms with Crippen molar-refractivity contribution in [2.75, 3.05) is 18.1 Å². The van der Waals surface area contributed by atoms with Gasteiger partial charge in [0.15, 0.2) is 9.84 Å². The molecule has 0 aliphatic carbocycles. The van der Waals surface area contributed by atoms with E-state index in [0.717, 1.165) is 17.3 Å². The maximum Gasteiger partial charge on any atom is 0.266 e. The molecule has 1 N–H and O–H groups in total. The number of sulfone groups is 1. The van der Waals surface area contributed by atoms with Gasteiger partial charge in [0.25, 0.3) is 5.91 Å². The number of thiocarbonyl (C=S) groups is 1. The number of benzene rings is 1. The molecule has 2 aliphatic rings. The molecule has 2 heterocycles. The van der Waals surface area contributed by atoms with Gasteiger partial charge in [0.05, 0.1) is 16.4 Å². The Kier molecular flexibility index (Phi) is 6.13. The van der Waals surface area contributed by atoms with Crippen LogP contribution in [0, 0.1) is 0 Å². The lowest BCUT2D eigenvalue weighted by Crippen LogP contribution is -2.43. The van der Waals surface area contributed by atoms with E-state index in [1.807, 2.05) is 36.4 Å². The summed E-state index contributed by atoms with van der Waals surface area (Å²) in [5, 5.41) is 2.67. The molecule has 1 unspecified atom stereocenters. The van der Waals surface area contributed by atoms with Gasteiger partial charge in [0.1, 0.15) is 10.9 Å². The quantitative estimate of drug-likeness (QED) is 0.575. The van der Waals surface area contributed by atoms with Gasteiger partial charge in [-0.1, -0.05) is 66.5 Å². The maximum absolute atomic E-state index is 12.5. The summed E-state index contributed by atoms with van der Waals surface area (Å²) in [6.45, 7) is -0.207. The van der Waals surface area contributed by atoms with Crippen molar-refractivity contribution in [1.82, 2.24) is 10.2 Å². The molecule has 2 fully saturated rings. The molecule has 9 heteroatoms. The number of nitrogens with one attached hydrogen (secondary N) is 1. The molecule has 1 aromatic carbocycles. The van der Waals surface area contributed by atoms with Gasteiger partial charge >= 0.3 is 0 Å². The van der Waals surface area contributed by atoms with Gasteiger partial charge in [-0.3, -0.25) is 14.5 Å². The first-order valence-electron chi connectivity index (χ1n) is 8.31. The largest absolute Gasteiger partial charge is 0.351 e. The summed E-state index contributed by atoms with van der Waals surface area (Å²) in [4.78, 5) is 26.3. The minimum absolute atomic E-state index is 0.0542. The fourth-order valence-electron chi connectivity index (χ4n) is 2.79. The van der Waals surface area contributed by atoms with E-state index in [0.29, 0.717) is 15.6 Å². The van der Waals surface area contributed by atoms with Crippen molar-refractivity contribution in [2.45, 2.75) is 12.5 Å². The third-order valence-electron chi connectivity index (χ3n) is 4.11. The number of carbonyl (C=O) groups excluding carboxylic acids is 2. The molecule has 2 aliphatic heterocycles. The average molecular weight is 423 g/mol. The highest BCUT2D eigenvalue weighted by atomic mass is 32.2.